The summed E-state index contributed by atoms with van der Waals surface area (Å²) in [5.41, 5.74) is 6.39. The number of hydrogen-bond donors (Lipinski definition) is 3. The third-order valence-electron chi connectivity index (χ3n) is 3.22. The molecule has 0 heterocycles. The van der Waals surface area contributed by atoms with E-state index in [0.29, 0.717) is 10.7 Å². The molecule has 0 fully saturated rings. The summed E-state index contributed by atoms with van der Waals surface area (Å²) in [5, 5.41) is 3.66. The second kappa shape index (κ2) is 9.51. The Morgan fingerprint density at radius 2 is 1.56 bits per heavy atom. The maximum Gasteiger partial charge on any atom is 0.240 e. The van der Waals surface area contributed by atoms with Crippen LogP contribution in [-0.2, 0) is 16.0 Å². The van der Waals surface area contributed by atoms with Crippen molar-refractivity contribution in [1.82, 2.24) is 10.7 Å². The predicted molar refractivity (Wildman–Crippen MR) is 101 cm³/mol. The van der Waals surface area contributed by atoms with Crippen LogP contribution in [0.5, 0.6) is 0 Å². The number of carbonyl (C=O) groups excluding carboxylic acids is 2. The lowest BCUT2D eigenvalue weighted by molar-refractivity contribution is -0.121. The number of halogens is 3. The van der Waals surface area contributed by atoms with E-state index in [1.165, 1.54) is 12.1 Å². The molecule has 0 spiro atoms. The third kappa shape index (κ3) is 6.46. The van der Waals surface area contributed by atoms with Crippen LogP contribution in [0.15, 0.2) is 42.5 Å². The molecule has 5 nitrogen and oxygen atoms in total. The molecule has 2 aromatic carbocycles. The van der Waals surface area contributed by atoms with Crippen molar-refractivity contribution in [2.75, 3.05) is 12.0 Å². The highest BCUT2D eigenvalue weighted by atomic mass is 35.5. The summed E-state index contributed by atoms with van der Waals surface area (Å²) < 4.78 is 0. The first-order chi connectivity index (χ1) is 12.0. The van der Waals surface area contributed by atoms with Gasteiger partial charge in [0.05, 0.1) is 22.2 Å². The highest BCUT2D eigenvalue weighted by Crippen LogP contribution is 2.32. The lowest BCUT2D eigenvalue weighted by Crippen LogP contribution is -2.34. The number of benzene rings is 2. The van der Waals surface area contributed by atoms with Crippen molar-refractivity contribution >= 4 is 52.3 Å². The molecule has 2 rings (SSSR count). The van der Waals surface area contributed by atoms with Crippen molar-refractivity contribution in [2.24, 2.45) is 0 Å². The lowest BCUT2D eigenvalue weighted by Gasteiger charge is -2.12. The van der Waals surface area contributed by atoms with Crippen LogP contribution in [0.1, 0.15) is 12.0 Å². The summed E-state index contributed by atoms with van der Waals surface area (Å²) in [6.45, 7) is 0.223. The van der Waals surface area contributed by atoms with E-state index in [2.05, 4.69) is 16.2 Å². The minimum Gasteiger partial charge on any atom is -0.355 e. The molecule has 3 N–H and O–H groups in total. The summed E-state index contributed by atoms with van der Waals surface area (Å²) in [6, 6.07) is 12.4. The van der Waals surface area contributed by atoms with E-state index < -0.39 is 0 Å². The van der Waals surface area contributed by atoms with Gasteiger partial charge in [-0.15, -0.1) is 0 Å². The van der Waals surface area contributed by atoms with Crippen molar-refractivity contribution < 1.29 is 9.59 Å². The van der Waals surface area contributed by atoms with Crippen LogP contribution >= 0.6 is 34.8 Å². The van der Waals surface area contributed by atoms with E-state index >= 15 is 0 Å². The Labute approximate surface area is 160 Å². The van der Waals surface area contributed by atoms with Crippen LogP contribution in [0.25, 0.3) is 0 Å². The van der Waals surface area contributed by atoms with Crippen molar-refractivity contribution in [3.8, 4) is 0 Å². The standard InChI is InChI=1S/C17H16Cl3N3O2/c18-12-9-13(19)17(14(20)10-12)23-22-15(24)6-7-21-16(25)8-11-4-2-1-3-5-11/h1-5,9-10,23H,6-8H2,(H,21,25)(H,22,24). The molecular formula is C17H16Cl3N3O2. The van der Waals surface area contributed by atoms with Crippen molar-refractivity contribution in [3.63, 3.8) is 0 Å². The molecule has 0 bridgehead atoms. The van der Waals surface area contributed by atoms with Gasteiger partial charge in [0.15, 0.2) is 0 Å². The van der Waals surface area contributed by atoms with Gasteiger partial charge in [-0.05, 0) is 17.7 Å². The van der Waals surface area contributed by atoms with Crippen molar-refractivity contribution in [3.05, 3.63) is 63.1 Å². The molecule has 0 saturated carbocycles. The smallest absolute Gasteiger partial charge is 0.240 e. The number of amides is 2. The van der Waals surface area contributed by atoms with E-state index in [4.69, 9.17) is 34.8 Å². The van der Waals surface area contributed by atoms with Crippen LogP contribution in [0.2, 0.25) is 15.1 Å². The zero-order chi connectivity index (χ0) is 18.2. The van der Waals surface area contributed by atoms with Gasteiger partial charge in [0.1, 0.15) is 0 Å². The van der Waals surface area contributed by atoms with Crippen LogP contribution in [0.4, 0.5) is 5.69 Å². The zero-order valence-corrected chi connectivity index (χ0v) is 15.4. The average Bonchev–Trinajstić information content (AvgIpc) is 2.54. The van der Waals surface area contributed by atoms with Crippen molar-refractivity contribution in [1.29, 1.82) is 0 Å². The van der Waals surface area contributed by atoms with Gasteiger partial charge >= 0.3 is 0 Å². The number of nitrogens with one attached hydrogen (secondary N) is 3. The Morgan fingerprint density at radius 1 is 0.920 bits per heavy atom. The monoisotopic (exact) mass is 399 g/mol. The first-order valence-corrected chi connectivity index (χ1v) is 8.59. The fourth-order valence-corrected chi connectivity index (χ4v) is 2.93. The third-order valence-corrected chi connectivity index (χ3v) is 4.03. The van der Waals surface area contributed by atoms with Gasteiger partial charge in [0.25, 0.3) is 0 Å². The van der Waals surface area contributed by atoms with E-state index in [1.54, 1.807) is 0 Å². The summed E-state index contributed by atoms with van der Waals surface area (Å²) in [7, 11) is 0. The van der Waals surface area contributed by atoms with E-state index in [0.717, 1.165) is 5.56 Å². The van der Waals surface area contributed by atoms with E-state index in [1.807, 2.05) is 30.3 Å². The quantitative estimate of drug-likeness (QED) is 0.619. The van der Waals surface area contributed by atoms with Gasteiger partial charge in [-0.2, -0.15) is 0 Å². The molecular weight excluding hydrogens is 385 g/mol. The minimum absolute atomic E-state index is 0.107. The fourth-order valence-electron chi connectivity index (χ4n) is 2.02. The first kappa shape index (κ1) is 19.4. The van der Waals surface area contributed by atoms with Gasteiger partial charge < -0.3 is 5.32 Å². The van der Waals surface area contributed by atoms with E-state index in [9.17, 15) is 9.59 Å². The van der Waals surface area contributed by atoms with Gasteiger partial charge in [0.2, 0.25) is 11.8 Å². The maximum atomic E-state index is 11.8. The van der Waals surface area contributed by atoms with Crippen LogP contribution < -0.4 is 16.2 Å². The van der Waals surface area contributed by atoms with Crippen molar-refractivity contribution in [2.45, 2.75) is 12.8 Å². The molecule has 132 valence electrons. The molecule has 0 aromatic heterocycles. The van der Waals surface area contributed by atoms with Crippen LogP contribution in [0, 0.1) is 0 Å². The fraction of sp³-hybridized carbons (Fsp3) is 0.176. The number of carbonyl (C=O) groups is 2. The second-order valence-electron chi connectivity index (χ2n) is 5.18. The molecule has 25 heavy (non-hydrogen) atoms. The molecule has 2 amide bonds. The number of hydrogen-bond acceptors (Lipinski definition) is 3. The highest BCUT2D eigenvalue weighted by molar-refractivity contribution is 6.41. The zero-order valence-electron chi connectivity index (χ0n) is 13.1. The molecule has 8 heteroatoms. The Hall–Kier alpha value is -1.95. The molecule has 0 aliphatic rings. The van der Waals surface area contributed by atoms with Gasteiger partial charge in [-0.25, -0.2) is 0 Å². The molecule has 0 saturated heterocycles. The Bertz CT molecular complexity index is 731. The van der Waals surface area contributed by atoms with Gasteiger partial charge in [-0.3, -0.25) is 20.4 Å². The molecule has 0 radical (unpaired) electrons. The summed E-state index contributed by atoms with van der Waals surface area (Å²) in [4.78, 5) is 23.6. The number of hydrazine groups is 1. The maximum absolute atomic E-state index is 11.8. The topological polar surface area (TPSA) is 70.2 Å². The van der Waals surface area contributed by atoms with Crippen LogP contribution in [0.3, 0.4) is 0 Å². The number of rotatable bonds is 7. The highest BCUT2D eigenvalue weighted by Gasteiger charge is 2.09. The molecule has 0 aliphatic carbocycles. The normalized spacial score (nSPS) is 10.2. The molecule has 2 aromatic rings. The lowest BCUT2D eigenvalue weighted by atomic mass is 10.1. The predicted octanol–water partition coefficient (Wildman–Crippen LogP) is 3.84. The largest absolute Gasteiger partial charge is 0.355 e. The number of anilines is 1. The Kier molecular flexibility index (Phi) is 7.37. The summed E-state index contributed by atoms with van der Waals surface area (Å²) in [5.74, 6) is -0.460. The molecule has 0 unspecified atom stereocenters. The minimum atomic E-state index is -0.318. The van der Waals surface area contributed by atoms with Gasteiger partial charge in [0, 0.05) is 18.0 Å². The Balaban J connectivity index is 1.72. The van der Waals surface area contributed by atoms with E-state index in [-0.39, 0.29) is 41.2 Å². The second-order valence-corrected chi connectivity index (χ2v) is 6.43. The first-order valence-electron chi connectivity index (χ1n) is 7.45. The van der Waals surface area contributed by atoms with Gasteiger partial charge in [-0.1, -0.05) is 65.1 Å². The molecule has 0 atom stereocenters. The van der Waals surface area contributed by atoms with Crippen LogP contribution in [-0.4, -0.2) is 18.4 Å². The summed E-state index contributed by atoms with van der Waals surface area (Å²) in [6.07, 6.45) is 0.382. The summed E-state index contributed by atoms with van der Waals surface area (Å²) >= 11 is 17.8. The molecule has 0 aliphatic heterocycles. The SMILES string of the molecule is O=C(Cc1ccccc1)NCCC(=O)NNc1c(Cl)cc(Cl)cc1Cl. The Morgan fingerprint density at radius 3 is 2.20 bits per heavy atom. The average molecular weight is 401 g/mol.